The van der Waals surface area contributed by atoms with Gasteiger partial charge in [-0.15, -0.1) is 0 Å². The predicted molar refractivity (Wildman–Crippen MR) is 258 cm³/mol. The first kappa shape index (κ1) is 36.4. The van der Waals surface area contributed by atoms with Crippen molar-refractivity contribution < 1.29 is 0 Å². The molecule has 296 valence electrons. The van der Waals surface area contributed by atoms with Crippen molar-refractivity contribution in [3.8, 4) is 22.3 Å². The molecule has 0 saturated heterocycles. The zero-order valence-corrected chi connectivity index (χ0v) is 34.1. The van der Waals surface area contributed by atoms with Crippen LogP contribution in [0.5, 0.6) is 0 Å². The lowest BCUT2D eigenvalue weighted by molar-refractivity contribution is 0.506. The minimum atomic E-state index is -0.0798. The van der Waals surface area contributed by atoms with E-state index in [-0.39, 0.29) is 24.4 Å². The van der Waals surface area contributed by atoms with Gasteiger partial charge in [-0.3, -0.25) is 10.6 Å². The van der Waals surface area contributed by atoms with Gasteiger partial charge in [-0.25, -0.2) is 0 Å². The van der Waals surface area contributed by atoms with E-state index in [1.165, 1.54) is 88.0 Å². The Morgan fingerprint density at radius 2 is 0.710 bits per heavy atom. The van der Waals surface area contributed by atoms with Crippen molar-refractivity contribution in [1.82, 2.24) is 10.6 Å². The lowest BCUT2D eigenvalue weighted by Gasteiger charge is -2.36. The molecule has 0 aliphatic carbocycles. The van der Waals surface area contributed by atoms with Crippen LogP contribution < -0.4 is 21.3 Å². The van der Waals surface area contributed by atoms with Crippen molar-refractivity contribution >= 4 is 43.7 Å². The SMILES string of the molecule is c1cc(-c2cccc3ccccc23)cc(C2NC(c3ccc4cc(C5Nc6ccccc6C(c6cccc(-c7cccc8ccccc78)c6)N5)ccc4c3)Nc3ccccc32)c1. The Kier molecular flexibility index (Phi) is 8.91. The summed E-state index contributed by atoms with van der Waals surface area (Å²) in [5, 5.41) is 23.1. The number of rotatable bonds is 6. The third-order valence-electron chi connectivity index (χ3n) is 13.0. The van der Waals surface area contributed by atoms with Crippen LogP contribution in [0.4, 0.5) is 11.4 Å². The molecule has 0 fully saturated rings. The summed E-state index contributed by atoms with van der Waals surface area (Å²) in [6, 6.07) is 79.7. The van der Waals surface area contributed by atoms with E-state index in [2.05, 4.69) is 240 Å². The van der Waals surface area contributed by atoms with Crippen molar-refractivity contribution in [1.29, 1.82) is 0 Å². The highest BCUT2D eigenvalue weighted by molar-refractivity contribution is 5.98. The summed E-state index contributed by atoms with van der Waals surface area (Å²) in [5.74, 6) is 0. The van der Waals surface area contributed by atoms with Crippen LogP contribution in [0.2, 0.25) is 0 Å². The number of nitrogens with one attached hydrogen (secondary N) is 4. The first-order chi connectivity index (χ1) is 30.7. The molecule has 0 saturated carbocycles. The van der Waals surface area contributed by atoms with Gasteiger partial charge < -0.3 is 10.6 Å². The van der Waals surface area contributed by atoms with Gasteiger partial charge in [0.15, 0.2) is 0 Å². The van der Waals surface area contributed by atoms with E-state index in [0.717, 1.165) is 11.4 Å². The molecule has 10 aromatic rings. The molecule has 4 nitrogen and oxygen atoms in total. The van der Waals surface area contributed by atoms with Crippen LogP contribution >= 0.6 is 0 Å². The maximum Gasteiger partial charge on any atom is 0.104 e. The predicted octanol–water partition coefficient (Wildman–Crippen LogP) is 14.1. The van der Waals surface area contributed by atoms with Crippen LogP contribution in [-0.4, -0.2) is 0 Å². The molecule has 0 bridgehead atoms. The second-order valence-electron chi connectivity index (χ2n) is 16.7. The Bertz CT molecular complexity index is 3080. The number of para-hydroxylation sites is 2. The van der Waals surface area contributed by atoms with Gasteiger partial charge in [0, 0.05) is 11.4 Å². The van der Waals surface area contributed by atoms with E-state index < -0.39 is 0 Å². The molecule has 4 unspecified atom stereocenters. The molecule has 0 spiro atoms. The highest BCUT2D eigenvalue weighted by Crippen LogP contribution is 2.41. The lowest BCUT2D eigenvalue weighted by Crippen LogP contribution is -2.37. The van der Waals surface area contributed by atoms with E-state index in [0.29, 0.717) is 0 Å². The van der Waals surface area contributed by atoms with E-state index in [1.54, 1.807) is 0 Å². The highest BCUT2D eigenvalue weighted by Gasteiger charge is 2.30. The van der Waals surface area contributed by atoms with Gasteiger partial charge in [-0.2, -0.15) is 0 Å². The molecule has 12 rings (SSSR count). The molecule has 2 aliphatic rings. The Labute approximate surface area is 361 Å². The maximum absolute atomic E-state index is 4.01. The number of fused-ring (bicyclic) bond motifs is 5. The first-order valence-electron chi connectivity index (χ1n) is 21.6. The van der Waals surface area contributed by atoms with Crippen LogP contribution in [-0.2, 0) is 0 Å². The molecule has 4 N–H and O–H groups in total. The van der Waals surface area contributed by atoms with Gasteiger partial charge in [-0.1, -0.05) is 182 Å². The Morgan fingerprint density at radius 3 is 1.21 bits per heavy atom. The number of anilines is 2. The van der Waals surface area contributed by atoms with Crippen molar-refractivity contribution in [2.75, 3.05) is 10.6 Å². The largest absolute Gasteiger partial charge is 0.366 e. The third-order valence-corrected chi connectivity index (χ3v) is 13.0. The van der Waals surface area contributed by atoms with Crippen LogP contribution in [0.15, 0.2) is 218 Å². The normalized spacial score (nSPS) is 18.1. The zero-order chi connectivity index (χ0) is 41.0. The summed E-state index contributed by atoms with van der Waals surface area (Å²) in [6.07, 6.45) is -0.160. The van der Waals surface area contributed by atoms with Gasteiger partial charge in [-0.05, 0) is 124 Å². The highest BCUT2D eigenvalue weighted by atomic mass is 15.2. The third kappa shape index (κ3) is 6.49. The fourth-order valence-electron chi connectivity index (χ4n) is 9.95. The molecule has 62 heavy (non-hydrogen) atoms. The fraction of sp³-hybridized carbons (Fsp3) is 0.0690. The average molecular weight is 797 g/mol. The Morgan fingerprint density at radius 1 is 0.290 bits per heavy atom. The Balaban J connectivity index is 0.843. The standard InChI is InChI=1S/C58H44N4/c1-3-21-47-37(13-1)15-11-25-49(47)41-17-9-19-43(35-41)55-51-23-5-7-27-53(51)59-57(61-55)45-31-29-40-34-46(32-30-39(40)33-45)58-60-54-28-8-6-24-52(54)56(62-58)44-20-10-18-42(36-44)50-26-12-16-38-14-2-4-22-48(38)50/h1-36,55-62H. The van der Waals surface area contributed by atoms with Gasteiger partial charge >= 0.3 is 0 Å². The molecule has 0 aromatic heterocycles. The summed E-state index contributed by atoms with van der Waals surface area (Å²) in [4.78, 5) is 0. The molecule has 2 aliphatic heterocycles. The summed E-state index contributed by atoms with van der Waals surface area (Å²) in [7, 11) is 0. The van der Waals surface area contributed by atoms with Crippen molar-refractivity contribution in [2.24, 2.45) is 0 Å². The zero-order valence-electron chi connectivity index (χ0n) is 34.1. The quantitative estimate of drug-likeness (QED) is 0.135. The minimum Gasteiger partial charge on any atom is -0.366 e. The second kappa shape index (κ2) is 15.2. The van der Waals surface area contributed by atoms with Crippen LogP contribution in [0.25, 0.3) is 54.6 Å². The molecular formula is C58H44N4. The van der Waals surface area contributed by atoms with Crippen LogP contribution in [0, 0.1) is 0 Å². The summed E-state index contributed by atoms with van der Waals surface area (Å²) >= 11 is 0. The van der Waals surface area contributed by atoms with Gasteiger partial charge in [0.05, 0.1) is 12.1 Å². The molecule has 4 heteroatoms. The number of hydrogen-bond donors (Lipinski definition) is 4. The summed E-state index contributed by atoms with van der Waals surface area (Å²) in [5.41, 5.74) is 14.6. The lowest BCUT2D eigenvalue weighted by atomic mass is 9.90. The second-order valence-corrected chi connectivity index (χ2v) is 16.7. The molecule has 2 heterocycles. The van der Waals surface area contributed by atoms with Crippen molar-refractivity contribution in [2.45, 2.75) is 24.4 Å². The van der Waals surface area contributed by atoms with E-state index in [4.69, 9.17) is 0 Å². The minimum absolute atomic E-state index is 0.0115. The summed E-state index contributed by atoms with van der Waals surface area (Å²) < 4.78 is 0. The smallest absolute Gasteiger partial charge is 0.104 e. The number of benzene rings is 10. The van der Waals surface area contributed by atoms with Crippen molar-refractivity contribution in [3.63, 3.8) is 0 Å². The fourth-order valence-corrected chi connectivity index (χ4v) is 9.95. The molecule has 10 aromatic carbocycles. The van der Waals surface area contributed by atoms with E-state index in [1.807, 2.05) is 0 Å². The maximum atomic E-state index is 4.01. The average Bonchev–Trinajstić information content (AvgIpc) is 3.35. The Hall–Kier alpha value is -7.50. The van der Waals surface area contributed by atoms with E-state index >= 15 is 0 Å². The number of hydrogen-bond acceptors (Lipinski definition) is 4. The van der Waals surface area contributed by atoms with Gasteiger partial charge in [0.25, 0.3) is 0 Å². The summed E-state index contributed by atoms with van der Waals surface area (Å²) in [6.45, 7) is 0. The molecule has 4 atom stereocenters. The monoisotopic (exact) mass is 796 g/mol. The van der Waals surface area contributed by atoms with E-state index in [9.17, 15) is 0 Å². The van der Waals surface area contributed by atoms with Crippen LogP contribution in [0.3, 0.4) is 0 Å². The van der Waals surface area contributed by atoms with Crippen molar-refractivity contribution in [3.05, 3.63) is 252 Å². The van der Waals surface area contributed by atoms with Crippen LogP contribution in [0.1, 0.15) is 57.8 Å². The topological polar surface area (TPSA) is 48.1 Å². The molecule has 0 amide bonds. The molecular weight excluding hydrogens is 753 g/mol. The van der Waals surface area contributed by atoms with Gasteiger partial charge in [0.2, 0.25) is 0 Å². The first-order valence-corrected chi connectivity index (χ1v) is 21.6. The van der Waals surface area contributed by atoms with Gasteiger partial charge in [0.1, 0.15) is 12.3 Å². The molecule has 0 radical (unpaired) electrons.